The minimum Gasteiger partial charge on any atom is -0.314 e. The van der Waals surface area contributed by atoms with Gasteiger partial charge in [0, 0.05) is 61.6 Å². The van der Waals surface area contributed by atoms with Crippen LogP contribution in [0.1, 0.15) is 53.1 Å². The van der Waals surface area contributed by atoms with Gasteiger partial charge in [-0.25, -0.2) is 4.98 Å². The third-order valence-corrected chi connectivity index (χ3v) is 6.20. The SMILES string of the molecule is Cl.c1cncc(C2CNCCN2Cc2cnc(C3CCCC3)s2)c1. The first-order valence-corrected chi connectivity index (χ1v) is 9.51. The molecule has 0 aromatic carbocycles. The van der Waals surface area contributed by atoms with Gasteiger partial charge >= 0.3 is 0 Å². The van der Waals surface area contributed by atoms with Crippen molar-refractivity contribution in [2.75, 3.05) is 19.6 Å². The van der Waals surface area contributed by atoms with Crippen LogP contribution in [-0.4, -0.2) is 34.5 Å². The molecule has 130 valence electrons. The summed E-state index contributed by atoms with van der Waals surface area (Å²) in [4.78, 5) is 13.0. The highest BCUT2D eigenvalue weighted by atomic mass is 35.5. The van der Waals surface area contributed by atoms with Gasteiger partial charge in [0.25, 0.3) is 0 Å². The van der Waals surface area contributed by atoms with Gasteiger partial charge in [0.05, 0.1) is 5.01 Å². The van der Waals surface area contributed by atoms with E-state index in [1.165, 1.54) is 41.1 Å². The van der Waals surface area contributed by atoms with Crippen LogP contribution in [0.15, 0.2) is 30.7 Å². The normalized spacial score (nSPS) is 22.4. The Balaban J connectivity index is 0.00000169. The summed E-state index contributed by atoms with van der Waals surface area (Å²) in [6.07, 6.45) is 11.4. The summed E-state index contributed by atoms with van der Waals surface area (Å²) >= 11 is 1.93. The third-order valence-electron chi connectivity index (χ3n) is 5.06. The molecule has 24 heavy (non-hydrogen) atoms. The molecule has 1 aliphatic carbocycles. The fourth-order valence-corrected chi connectivity index (χ4v) is 4.91. The van der Waals surface area contributed by atoms with E-state index in [0.717, 1.165) is 32.1 Å². The fraction of sp³-hybridized carbons (Fsp3) is 0.556. The zero-order chi connectivity index (χ0) is 15.5. The number of rotatable bonds is 4. The molecule has 0 bridgehead atoms. The second-order valence-corrected chi connectivity index (χ2v) is 7.77. The van der Waals surface area contributed by atoms with Crippen LogP contribution in [0.4, 0.5) is 0 Å². The lowest BCUT2D eigenvalue weighted by atomic mass is 10.1. The van der Waals surface area contributed by atoms with Gasteiger partial charge in [-0.2, -0.15) is 0 Å². The molecule has 1 saturated heterocycles. The van der Waals surface area contributed by atoms with Crippen molar-refractivity contribution in [3.05, 3.63) is 46.2 Å². The van der Waals surface area contributed by atoms with Crippen molar-refractivity contribution in [3.8, 4) is 0 Å². The molecule has 0 amide bonds. The third kappa shape index (κ3) is 3.97. The Hall–Kier alpha value is -1.01. The average Bonchev–Trinajstić information content (AvgIpc) is 3.27. The molecule has 6 heteroatoms. The van der Waals surface area contributed by atoms with E-state index in [1.54, 1.807) is 0 Å². The number of aromatic nitrogens is 2. The zero-order valence-corrected chi connectivity index (χ0v) is 15.5. The predicted molar refractivity (Wildman–Crippen MR) is 101 cm³/mol. The standard InChI is InChI=1S/C18H24N4S.ClH/c1-2-5-14(4-1)18-21-11-16(23-18)13-22-9-8-20-12-17(22)15-6-3-7-19-10-15;/h3,6-7,10-11,14,17,20H,1-2,4-5,8-9,12-13H2;1H. The smallest absolute Gasteiger partial charge is 0.0959 e. The highest BCUT2D eigenvalue weighted by Gasteiger charge is 2.25. The van der Waals surface area contributed by atoms with Crippen LogP contribution >= 0.6 is 23.7 Å². The number of pyridine rings is 1. The molecule has 2 fully saturated rings. The summed E-state index contributed by atoms with van der Waals surface area (Å²) in [5, 5.41) is 4.88. The van der Waals surface area contributed by atoms with Crippen molar-refractivity contribution in [3.63, 3.8) is 0 Å². The molecule has 2 aromatic rings. The van der Waals surface area contributed by atoms with Gasteiger partial charge in [-0.1, -0.05) is 18.9 Å². The van der Waals surface area contributed by atoms with Gasteiger partial charge in [-0.3, -0.25) is 9.88 Å². The van der Waals surface area contributed by atoms with E-state index in [-0.39, 0.29) is 12.4 Å². The van der Waals surface area contributed by atoms with Crippen LogP contribution in [-0.2, 0) is 6.54 Å². The maximum atomic E-state index is 4.73. The lowest BCUT2D eigenvalue weighted by Crippen LogP contribution is -2.45. The minimum absolute atomic E-state index is 0. The number of thiazole rings is 1. The number of hydrogen-bond acceptors (Lipinski definition) is 5. The Labute approximate surface area is 154 Å². The number of hydrogen-bond donors (Lipinski definition) is 1. The van der Waals surface area contributed by atoms with E-state index in [9.17, 15) is 0 Å². The van der Waals surface area contributed by atoms with Crippen LogP contribution in [0.25, 0.3) is 0 Å². The molecule has 4 rings (SSSR count). The molecule has 2 aliphatic rings. The number of nitrogens with one attached hydrogen (secondary N) is 1. The molecule has 2 aromatic heterocycles. The molecule has 0 spiro atoms. The van der Waals surface area contributed by atoms with Gasteiger partial charge in [-0.05, 0) is 24.5 Å². The monoisotopic (exact) mass is 364 g/mol. The molecule has 1 unspecified atom stereocenters. The molecule has 1 aliphatic heterocycles. The second kappa shape index (κ2) is 8.39. The largest absolute Gasteiger partial charge is 0.314 e. The predicted octanol–water partition coefficient (Wildman–Crippen LogP) is 3.76. The lowest BCUT2D eigenvalue weighted by molar-refractivity contribution is 0.155. The maximum absolute atomic E-state index is 4.73. The van der Waals surface area contributed by atoms with E-state index in [1.807, 2.05) is 29.8 Å². The van der Waals surface area contributed by atoms with Crippen molar-refractivity contribution >= 4 is 23.7 Å². The van der Waals surface area contributed by atoms with Gasteiger partial charge in [-0.15, -0.1) is 23.7 Å². The maximum Gasteiger partial charge on any atom is 0.0959 e. The van der Waals surface area contributed by atoms with Crippen molar-refractivity contribution in [2.24, 2.45) is 0 Å². The number of piperazine rings is 1. The fourth-order valence-electron chi connectivity index (χ4n) is 3.79. The summed E-state index contributed by atoms with van der Waals surface area (Å²) in [5.74, 6) is 0.728. The first kappa shape index (κ1) is 17.8. The van der Waals surface area contributed by atoms with E-state index in [2.05, 4.69) is 27.5 Å². The van der Waals surface area contributed by atoms with E-state index < -0.39 is 0 Å². The zero-order valence-electron chi connectivity index (χ0n) is 13.9. The molecule has 0 radical (unpaired) electrons. The minimum atomic E-state index is 0. The van der Waals surface area contributed by atoms with E-state index in [0.29, 0.717) is 6.04 Å². The summed E-state index contributed by atoms with van der Waals surface area (Å²) in [5.41, 5.74) is 1.31. The Morgan fingerprint density at radius 1 is 1.25 bits per heavy atom. The molecule has 4 nitrogen and oxygen atoms in total. The summed E-state index contributed by atoms with van der Waals surface area (Å²) in [6.45, 7) is 4.15. The van der Waals surface area contributed by atoms with Crippen molar-refractivity contribution in [2.45, 2.75) is 44.2 Å². The average molecular weight is 365 g/mol. The van der Waals surface area contributed by atoms with Gasteiger partial charge in [0.15, 0.2) is 0 Å². The van der Waals surface area contributed by atoms with E-state index in [4.69, 9.17) is 4.98 Å². The van der Waals surface area contributed by atoms with Crippen LogP contribution in [0.5, 0.6) is 0 Å². The van der Waals surface area contributed by atoms with Crippen LogP contribution in [0, 0.1) is 0 Å². The van der Waals surface area contributed by atoms with Crippen LogP contribution in [0.3, 0.4) is 0 Å². The van der Waals surface area contributed by atoms with Gasteiger partial charge in [0.1, 0.15) is 0 Å². The summed E-state index contributed by atoms with van der Waals surface area (Å²) < 4.78 is 0. The van der Waals surface area contributed by atoms with Crippen LogP contribution < -0.4 is 5.32 Å². The Morgan fingerprint density at radius 2 is 2.12 bits per heavy atom. The second-order valence-electron chi connectivity index (χ2n) is 6.62. The van der Waals surface area contributed by atoms with E-state index >= 15 is 0 Å². The van der Waals surface area contributed by atoms with Crippen molar-refractivity contribution < 1.29 is 0 Å². The first-order valence-electron chi connectivity index (χ1n) is 8.69. The highest BCUT2D eigenvalue weighted by molar-refractivity contribution is 7.11. The number of nitrogens with zero attached hydrogens (tertiary/aromatic N) is 3. The lowest BCUT2D eigenvalue weighted by Gasteiger charge is -2.36. The van der Waals surface area contributed by atoms with Crippen molar-refractivity contribution in [1.82, 2.24) is 20.2 Å². The highest BCUT2D eigenvalue weighted by Crippen LogP contribution is 2.36. The number of halogens is 1. The van der Waals surface area contributed by atoms with Crippen molar-refractivity contribution in [1.29, 1.82) is 0 Å². The topological polar surface area (TPSA) is 41.1 Å². The summed E-state index contributed by atoms with van der Waals surface area (Å²) in [6, 6.07) is 4.64. The molecular weight excluding hydrogens is 340 g/mol. The first-order chi connectivity index (χ1) is 11.4. The quantitative estimate of drug-likeness (QED) is 0.896. The van der Waals surface area contributed by atoms with Gasteiger partial charge in [0.2, 0.25) is 0 Å². The Morgan fingerprint density at radius 3 is 2.92 bits per heavy atom. The molecule has 1 atom stereocenters. The van der Waals surface area contributed by atoms with Gasteiger partial charge < -0.3 is 5.32 Å². The molecular formula is C18H25ClN4S. The Kier molecular flexibility index (Phi) is 6.22. The summed E-state index contributed by atoms with van der Waals surface area (Å²) in [7, 11) is 0. The molecule has 3 heterocycles. The molecule has 1 saturated carbocycles. The molecule has 1 N–H and O–H groups in total. The van der Waals surface area contributed by atoms with Crippen LogP contribution in [0.2, 0.25) is 0 Å². The Bertz CT molecular complexity index is 627.